The third-order valence-electron chi connectivity index (χ3n) is 5.77. The van der Waals surface area contributed by atoms with E-state index in [1.165, 1.54) is 10.4 Å². The molecule has 3 aromatic carbocycles. The van der Waals surface area contributed by atoms with Crippen molar-refractivity contribution in [2.45, 2.75) is 37.8 Å². The minimum absolute atomic E-state index is 0.114. The maximum Gasteiger partial charge on any atom is 0.264 e. The fourth-order valence-electron chi connectivity index (χ4n) is 4.03. The monoisotopic (exact) mass is 464 g/mol. The third kappa shape index (κ3) is 5.10. The molecular weight excluding hydrogens is 436 g/mol. The molecule has 0 aliphatic carbocycles. The molecule has 1 heterocycles. The number of nitrogens with one attached hydrogen (secondary N) is 1. The molecule has 33 heavy (non-hydrogen) atoms. The predicted molar refractivity (Wildman–Crippen MR) is 129 cm³/mol. The molecule has 0 aromatic heterocycles. The van der Waals surface area contributed by atoms with Crippen LogP contribution in [-0.2, 0) is 34.3 Å². The SMILES string of the molecule is CCOCc1ccccc1CNC(=O)c1cccc(S(=O)(=O)N2CCCc3ccccc32)c1. The number of hydrogen-bond acceptors (Lipinski definition) is 4. The summed E-state index contributed by atoms with van der Waals surface area (Å²) >= 11 is 0. The lowest BCUT2D eigenvalue weighted by atomic mass is 10.0. The zero-order valence-electron chi connectivity index (χ0n) is 18.7. The van der Waals surface area contributed by atoms with Crippen molar-refractivity contribution in [2.24, 2.45) is 0 Å². The smallest absolute Gasteiger partial charge is 0.264 e. The molecule has 0 fully saturated rings. The molecule has 0 saturated heterocycles. The molecule has 0 radical (unpaired) electrons. The fourth-order valence-corrected chi connectivity index (χ4v) is 5.62. The molecule has 0 unspecified atom stereocenters. The lowest BCUT2D eigenvalue weighted by Crippen LogP contribution is -2.35. The van der Waals surface area contributed by atoms with Crippen molar-refractivity contribution in [1.82, 2.24) is 5.32 Å². The summed E-state index contributed by atoms with van der Waals surface area (Å²) in [7, 11) is -3.78. The average Bonchev–Trinajstić information content (AvgIpc) is 2.86. The Kier molecular flexibility index (Phi) is 7.11. The van der Waals surface area contributed by atoms with Crippen molar-refractivity contribution >= 4 is 21.6 Å². The number of amides is 1. The van der Waals surface area contributed by atoms with Crippen LogP contribution in [0.4, 0.5) is 5.69 Å². The van der Waals surface area contributed by atoms with Gasteiger partial charge in [0.25, 0.3) is 15.9 Å². The van der Waals surface area contributed by atoms with E-state index in [0.29, 0.717) is 37.6 Å². The van der Waals surface area contributed by atoms with Crippen LogP contribution in [0.3, 0.4) is 0 Å². The van der Waals surface area contributed by atoms with Crippen molar-refractivity contribution in [1.29, 1.82) is 0 Å². The first-order valence-electron chi connectivity index (χ1n) is 11.1. The van der Waals surface area contributed by atoms with Crippen LogP contribution in [0.1, 0.15) is 40.4 Å². The van der Waals surface area contributed by atoms with Crippen LogP contribution in [0, 0.1) is 0 Å². The van der Waals surface area contributed by atoms with Gasteiger partial charge < -0.3 is 10.1 Å². The van der Waals surface area contributed by atoms with E-state index in [9.17, 15) is 13.2 Å². The number of anilines is 1. The number of fused-ring (bicyclic) bond motifs is 1. The van der Waals surface area contributed by atoms with Crippen LogP contribution < -0.4 is 9.62 Å². The van der Waals surface area contributed by atoms with Gasteiger partial charge in [-0.25, -0.2) is 8.42 Å². The van der Waals surface area contributed by atoms with Gasteiger partial charge in [-0.1, -0.05) is 48.5 Å². The van der Waals surface area contributed by atoms with Crippen LogP contribution in [0.5, 0.6) is 0 Å². The molecule has 0 atom stereocenters. The first-order valence-corrected chi connectivity index (χ1v) is 12.6. The van der Waals surface area contributed by atoms with Gasteiger partial charge in [0.1, 0.15) is 0 Å². The lowest BCUT2D eigenvalue weighted by molar-refractivity contribution is 0.0949. The zero-order valence-corrected chi connectivity index (χ0v) is 19.5. The summed E-state index contributed by atoms with van der Waals surface area (Å²) < 4.78 is 33.8. The van der Waals surface area contributed by atoms with Crippen molar-refractivity contribution in [2.75, 3.05) is 17.5 Å². The summed E-state index contributed by atoms with van der Waals surface area (Å²) in [4.78, 5) is 13.0. The highest BCUT2D eigenvalue weighted by molar-refractivity contribution is 7.92. The number of nitrogens with zero attached hydrogens (tertiary/aromatic N) is 1. The van der Waals surface area contributed by atoms with Crippen LogP contribution in [-0.4, -0.2) is 27.5 Å². The molecule has 1 amide bonds. The van der Waals surface area contributed by atoms with Crippen molar-refractivity contribution in [3.8, 4) is 0 Å². The Bertz CT molecular complexity index is 1240. The number of para-hydroxylation sites is 1. The van der Waals surface area contributed by atoms with E-state index in [2.05, 4.69) is 5.32 Å². The Balaban J connectivity index is 1.52. The topological polar surface area (TPSA) is 75.7 Å². The number of sulfonamides is 1. The molecular formula is C26H28N2O4S. The lowest BCUT2D eigenvalue weighted by Gasteiger charge is -2.30. The fraction of sp³-hybridized carbons (Fsp3) is 0.269. The van der Waals surface area contributed by atoms with E-state index in [1.807, 2.05) is 55.5 Å². The number of benzene rings is 3. The van der Waals surface area contributed by atoms with Crippen LogP contribution in [0.15, 0.2) is 77.7 Å². The van der Waals surface area contributed by atoms with Gasteiger partial charge in [-0.05, 0) is 60.7 Å². The third-order valence-corrected chi connectivity index (χ3v) is 7.58. The van der Waals surface area contributed by atoms with E-state index in [4.69, 9.17) is 4.74 Å². The van der Waals surface area contributed by atoms with Gasteiger partial charge in [-0.3, -0.25) is 9.10 Å². The molecule has 0 saturated carbocycles. The highest BCUT2D eigenvalue weighted by Crippen LogP contribution is 2.31. The van der Waals surface area contributed by atoms with Gasteiger partial charge in [-0.2, -0.15) is 0 Å². The number of ether oxygens (including phenoxy) is 1. The standard InChI is InChI=1S/C26H28N2O4S/c1-2-32-19-23-11-4-3-10-22(23)18-27-26(29)21-12-7-14-24(17-21)33(30,31)28-16-8-13-20-9-5-6-15-25(20)28/h3-7,9-12,14-15,17H,2,8,13,16,18-19H2,1H3,(H,27,29). The number of carbonyl (C=O) groups excluding carboxylic acids is 1. The van der Waals surface area contributed by atoms with Gasteiger partial charge >= 0.3 is 0 Å². The number of carbonyl (C=O) groups is 1. The average molecular weight is 465 g/mol. The Morgan fingerprint density at radius 2 is 1.76 bits per heavy atom. The summed E-state index contributed by atoms with van der Waals surface area (Å²) in [6.45, 7) is 3.79. The largest absolute Gasteiger partial charge is 0.377 e. The number of rotatable bonds is 8. The summed E-state index contributed by atoms with van der Waals surface area (Å²) in [6.07, 6.45) is 1.62. The molecule has 4 rings (SSSR count). The van der Waals surface area contributed by atoms with Crippen LogP contribution in [0.25, 0.3) is 0 Å². The Labute approximate surface area is 195 Å². The summed E-state index contributed by atoms with van der Waals surface area (Å²) in [5.74, 6) is -0.322. The minimum atomic E-state index is -3.78. The van der Waals surface area contributed by atoms with Gasteiger partial charge in [0.15, 0.2) is 0 Å². The Morgan fingerprint density at radius 3 is 2.58 bits per heavy atom. The van der Waals surface area contributed by atoms with E-state index in [0.717, 1.165) is 29.5 Å². The molecule has 1 aliphatic heterocycles. The zero-order chi connectivity index (χ0) is 23.3. The second-order valence-corrected chi connectivity index (χ2v) is 9.79. The van der Waals surface area contributed by atoms with Gasteiger partial charge in [0.2, 0.25) is 0 Å². The van der Waals surface area contributed by atoms with Crippen molar-refractivity contribution < 1.29 is 17.9 Å². The second kappa shape index (κ2) is 10.2. The summed E-state index contributed by atoms with van der Waals surface area (Å²) in [6, 6.07) is 21.6. The summed E-state index contributed by atoms with van der Waals surface area (Å²) in [5, 5.41) is 2.90. The molecule has 1 aliphatic rings. The van der Waals surface area contributed by atoms with Gasteiger partial charge in [0, 0.05) is 25.3 Å². The molecule has 3 aromatic rings. The highest BCUT2D eigenvalue weighted by atomic mass is 32.2. The van der Waals surface area contributed by atoms with E-state index in [1.54, 1.807) is 18.2 Å². The first kappa shape index (κ1) is 23.0. The minimum Gasteiger partial charge on any atom is -0.377 e. The predicted octanol–water partition coefficient (Wildman–Crippen LogP) is 4.29. The van der Waals surface area contributed by atoms with E-state index >= 15 is 0 Å². The maximum atomic E-state index is 13.4. The highest BCUT2D eigenvalue weighted by Gasteiger charge is 2.29. The number of hydrogen-bond donors (Lipinski definition) is 1. The molecule has 1 N–H and O–H groups in total. The van der Waals surface area contributed by atoms with Gasteiger partial charge in [0.05, 0.1) is 17.2 Å². The number of aryl methyl sites for hydroxylation is 1. The first-order chi connectivity index (χ1) is 16.0. The maximum absolute atomic E-state index is 13.4. The van der Waals surface area contributed by atoms with Crippen molar-refractivity contribution in [3.05, 3.63) is 95.1 Å². The van der Waals surface area contributed by atoms with Crippen LogP contribution in [0.2, 0.25) is 0 Å². The van der Waals surface area contributed by atoms with Crippen molar-refractivity contribution in [3.63, 3.8) is 0 Å². The molecule has 7 heteroatoms. The van der Waals surface area contributed by atoms with Gasteiger partial charge in [-0.15, -0.1) is 0 Å². The Morgan fingerprint density at radius 1 is 1.00 bits per heavy atom. The normalized spacial score (nSPS) is 13.4. The summed E-state index contributed by atoms with van der Waals surface area (Å²) in [5.41, 5.74) is 4.02. The molecule has 6 nitrogen and oxygen atoms in total. The molecule has 0 bridgehead atoms. The van der Waals surface area contributed by atoms with Crippen LogP contribution >= 0.6 is 0 Å². The molecule has 0 spiro atoms. The second-order valence-electron chi connectivity index (χ2n) is 7.93. The van der Waals surface area contributed by atoms with E-state index in [-0.39, 0.29) is 10.8 Å². The molecule has 172 valence electrons. The quantitative estimate of drug-likeness (QED) is 0.540. The van der Waals surface area contributed by atoms with E-state index < -0.39 is 10.0 Å². The Hall–Kier alpha value is -3.16.